The summed E-state index contributed by atoms with van der Waals surface area (Å²) in [7, 11) is 0. The van der Waals surface area contributed by atoms with Crippen LogP contribution in [0.1, 0.15) is 71.7 Å². The quantitative estimate of drug-likeness (QED) is 0.283. The zero-order chi connectivity index (χ0) is 26.0. The second kappa shape index (κ2) is 9.17. The molecule has 2 aliphatic heterocycles. The Kier molecular flexibility index (Phi) is 5.74. The van der Waals surface area contributed by atoms with E-state index >= 15 is 0 Å². The van der Waals surface area contributed by atoms with Gasteiger partial charge in [0.05, 0.1) is 28.5 Å². The number of anilines is 1. The van der Waals surface area contributed by atoms with E-state index in [0.717, 1.165) is 82.0 Å². The molecule has 9 heteroatoms. The van der Waals surface area contributed by atoms with Crippen molar-refractivity contribution < 1.29 is 23.6 Å². The minimum Gasteiger partial charge on any atom is -0.478 e. The lowest BCUT2D eigenvalue weighted by molar-refractivity contribution is 0.0147. The van der Waals surface area contributed by atoms with Crippen molar-refractivity contribution in [2.24, 2.45) is 0 Å². The Morgan fingerprint density at radius 1 is 1.16 bits per heavy atom. The summed E-state index contributed by atoms with van der Waals surface area (Å²) in [4.78, 5) is 18.9. The molecule has 7 rings (SSSR count). The van der Waals surface area contributed by atoms with E-state index in [4.69, 9.17) is 14.2 Å². The molecule has 2 aromatic heterocycles. The first kappa shape index (κ1) is 23.8. The third-order valence-electron chi connectivity index (χ3n) is 8.18. The Morgan fingerprint density at radius 3 is 2.58 bits per heavy atom. The van der Waals surface area contributed by atoms with Crippen LogP contribution in [0.15, 0.2) is 40.9 Å². The summed E-state index contributed by atoms with van der Waals surface area (Å²) in [6.07, 6.45) is 6.36. The van der Waals surface area contributed by atoms with Crippen molar-refractivity contribution >= 4 is 32.7 Å². The molecule has 7 nitrogen and oxygen atoms in total. The molecule has 196 valence electrons. The van der Waals surface area contributed by atoms with Gasteiger partial charge in [0.25, 0.3) is 0 Å². The van der Waals surface area contributed by atoms with Gasteiger partial charge in [0, 0.05) is 29.1 Å². The number of aryl methyl sites for hydroxylation is 1. The second-order valence-corrected chi connectivity index (χ2v) is 11.8. The number of thiazole rings is 1. The Morgan fingerprint density at radius 2 is 1.89 bits per heavy atom. The molecular weight excluding hydrogens is 505 g/mol. The molecule has 0 spiro atoms. The Bertz CT molecular complexity index is 1510. The first-order valence-electron chi connectivity index (χ1n) is 13.2. The maximum Gasteiger partial charge on any atom is 0.335 e. The zero-order valence-corrected chi connectivity index (χ0v) is 21.8. The molecule has 4 aromatic rings. The SMILES string of the molecule is Cc1cc(C(=O)O)cc2sc(N3[C@@H]4CC[C@H]3CC(OCc3c(-c5ccc(F)cc5)noc3C3CC3)C4)nc12. The van der Waals surface area contributed by atoms with E-state index < -0.39 is 5.97 Å². The van der Waals surface area contributed by atoms with E-state index in [2.05, 4.69) is 10.1 Å². The smallest absolute Gasteiger partial charge is 0.335 e. The summed E-state index contributed by atoms with van der Waals surface area (Å²) in [5.41, 5.74) is 4.67. The van der Waals surface area contributed by atoms with Crippen LogP contribution in [0.2, 0.25) is 0 Å². The number of carboxylic acids is 1. The lowest BCUT2D eigenvalue weighted by atomic mass is 10.00. The normalized spacial score (nSPS) is 22.9. The van der Waals surface area contributed by atoms with Crippen LogP contribution in [0.25, 0.3) is 21.5 Å². The summed E-state index contributed by atoms with van der Waals surface area (Å²) in [5, 5.41) is 14.8. The van der Waals surface area contributed by atoms with Crippen LogP contribution < -0.4 is 4.90 Å². The molecule has 38 heavy (non-hydrogen) atoms. The van der Waals surface area contributed by atoms with Gasteiger partial charge in [-0.05, 0) is 87.4 Å². The Hall–Kier alpha value is -3.30. The highest BCUT2D eigenvalue weighted by Crippen LogP contribution is 2.46. The molecule has 2 aromatic carbocycles. The third kappa shape index (κ3) is 4.18. The van der Waals surface area contributed by atoms with E-state index in [-0.39, 0.29) is 11.9 Å². The largest absolute Gasteiger partial charge is 0.478 e. The van der Waals surface area contributed by atoms with E-state index in [1.807, 2.05) is 6.92 Å². The third-order valence-corrected chi connectivity index (χ3v) is 9.20. The fourth-order valence-electron chi connectivity index (χ4n) is 6.16. The monoisotopic (exact) mass is 533 g/mol. The van der Waals surface area contributed by atoms with Gasteiger partial charge in [-0.15, -0.1) is 0 Å². The van der Waals surface area contributed by atoms with E-state index in [1.54, 1.807) is 35.6 Å². The van der Waals surface area contributed by atoms with Gasteiger partial charge >= 0.3 is 5.97 Å². The minimum atomic E-state index is -0.914. The molecule has 1 N–H and O–H groups in total. The van der Waals surface area contributed by atoms with Crippen molar-refractivity contribution in [1.82, 2.24) is 10.1 Å². The summed E-state index contributed by atoms with van der Waals surface area (Å²) >= 11 is 1.59. The van der Waals surface area contributed by atoms with Crippen LogP contribution >= 0.6 is 11.3 Å². The second-order valence-electron chi connectivity index (χ2n) is 10.8. The maximum atomic E-state index is 13.5. The highest BCUT2D eigenvalue weighted by Gasteiger charge is 2.43. The number of rotatable bonds is 7. The molecule has 1 unspecified atom stereocenters. The number of nitrogens with zero attached hydrogens (tertiary/aromatic N) is 3. The summed E-state index contributed by atoms with van der Waals surface area (Å²) in [5.74, 6) is 0.126. The number of aromatic nitrogens is 2. The van der Waals surface area contributed by atoms with Gasteiger partial charge in [0.1, 0.15) is 17.3 Å². The minimum absolute atomic E-state index is 0.126. The fourth-order valence-corrected chi connectivity index (χ4v) is 7.38. The number of hydrogen-bond acceptors (Lipinski definition) is 7. The van der Waals surface area contributed by atoms with Gasteiger partial charge in [-0.25, -0.2) is 14.2 Å². The molecule has 0 amide bonds. The van der Waals surface area contributed by atoms with Crippen molar-refractivity contribution in [3.8, 4) is 11.3 Å². The number of halogens is 1. The van der Waals surface area contributed by atoms with E-state index in [1.165, 1.54) is 12.1 Å². The molecule has 2 saturated heterocycles. The number of carboxylic acid groups (broad SMARTS) is 1. The number of aromatic carboxylic acids is 1. The van der Waals surface area contributed by atoms with Crippen molar-refractivity contribution in [2.45, 2.75) is 76.2 Å². The Labute approximate surface area is 223 Å². The first-order valence-corrected chi connectivity index (χ1v) is 14.0. The average Bonchev–Trinajstić information content (AvgIpc) is 3.41. The maximum absolute atomic E-state index is 13.5. The molecule has 1 saturated carbocycles. The van der Waals surface area contributed by atoms with Gasteiger partial charge in [-0.3, -0.25) is 0 Å². The van der Waals surface area contributed by atoms with E-state index in [0.29, 0.717) is 30.2 Å². The van der Waals surface area contributed by atoms with E-state index in [9.17, 15) is 14.3 Å². The predicted molar refractivity (Wildman–Crippen MR) is 142 cm³/mol. The summed E-state index contributed by atoms with van der Waals surface area (Å²) < 4.78 is 26.7. The standard InChI is InChI=1S/C29H28FN3O4S/c1-15-10-18(28(34)35)11-24-25(15)31-29(38-24)33-20-8-9-21(33)13-22(12-20)36-14-23-26(16-4-6-19(30)7-5-16)32-37-27(23)17-2-3-17/h4-7,10-11,17,20-22H,2-3,8-9,12-14H2,1H3,(H,34,35)/t20-,21+,22?. The highest BCUT2D eigenvalue weighted by molar-refractivity contribution is 7.22. The van der Waals surface area contributed by atoms with Crippen LogP contribution in [0.3, 0.4) is 0 Å². The molecule has 3 aliphatic rings. The first-order chi connectivity index (χ1) is 18.4. The molecule has 1 aliphatic carbocycles. The number of benzene rings is 2. The number of piperidine rings is 1. The van der Waals surface area contributed by atoms with Crippen LogP contribution in [-0.4, -0.2) is 39.4 Å². The Balaban J connectivity index is 1.09. The van der Waals surface area contributed by atoms with Crippen molar-refractivity contribution in [3.63, 3.8) is 0 Å². The molecule has 0 radical (unpaired) electrons. The van der Waals surface area contributed by atoms with Crippen LogP contribution in [-0.2, 0) is 11.3 Å². The summed E-state index contributed by atoms with van der Waals surface area (Å²) in [6.45, 7) is 2.36. The number of fused-ring (bicyclic) bond motifs is 3. The molecule has 3 fully saturated rings. The fraction of sp³-hybridized carbons (Fsp3) is 0.414. The highest BCUT2D eigenvalue weighted by atomic mass is 32.1. The number of carbonyl (C=O) groups is 1. The van der Waals surface area contributed by atoms with Gasteiger partial charge in [-0.1, -0.05) is 16.5 Å². The lowest BCUT2D eigenvalue weighted by Gasteiger charge is -2.38. The molecular formula is C29H28FN3O4S. The van der Waals surface area contributed by atoms with Gasteiger partial charge in [-0.2, -0.15) is 0 Å². The predicted octanol–water partition coefficient (Wildman–Crippen LogP) is 6.69. The van der Waals surface area contributed by atoms with Crippen LogP contribution in [0, 0.1) is 12.7 Å². The van der Waals surface area contributed by atoms with Crippen molar-refractivity contribution in [1.29, 1.82) is 0 Å². The summed E-state index contributed by atoms with van der Waals surface area (Å²) in [6, 6.07) is 10.5. The van der Waals surface area contributed by atoms with Gasteiger partial charge < -0.3 is 19.3 Å². The number of hydrogen-bond donors (Lipinski definition) is 1. The molecule has 2 bridgehead atoms. The molecule has 3 atom stereocenters. The van der Waals surface area contributed by atoms with Gasteiger partial charge in [0.15, 0.2) is 5.13 Å². The van der Waals surface area contributed by atoms with Crippen LogP contribution in [0.5, 0.6) is 0 Å². The lowest BCUT2D eigenvalue weighted by Crippen LogP contribution is -2.45. The van der Waals surface area contributed by atoms with Crippen LogP contribution in [0.4, 0.5) is 9.52 Å². The van der Waals surface area contributed by atoms with Gasteiger partial charge in [0.2, 0.25) is 0 Å². The average molecular weight is 534 g/mol. The zero-order valence-electron chi connectivity index (χ0n) is 21.0. The van der Waals surface area contributed by atoms with Crippen molar-refractivity contribution in [2.75, 3.05) is 4.90 Å². The molecule has 4 heterocycles. The van der Waals surface area contributed by atoms with Crippen molar-refractivity contribution in [3.05, 3.63) is 64.7 Å². The number of ether oxygens (including phenoxy) is 1. The topological polar surface area (TPSA) is 88.7 Å².